The predicted molar refractivity (Wildman–Crippen MR) is 132 cm³/mol. The smallest absolute Gasteiger partial charge is 0.312 e. The van der Waals surface area contributed by atoms with Gasteiger partial charge in [-0.2, -0.15) is 0 Å². The maximum atomic E-state index is 14.3. The number of rotatable bonds is 5. The summed E-state index contributed by atoms with van der Waals surface area (Å²) < 4.78 is 12.1. The molecule has 6 atom stereocenters. The van der Waals surface area contributed by atoms with Gasteiger partial charge in [-0.3, -0.25) is 14.4 Å². The maximum absolute atomic E-state index is 14.3. The van der Waals surface area contributed by atoms with E-state index in [2.05, 4.69) is 0 Å². The van der Waals surface area contributed by atoms with Crippen molar-refractivity contribution in [1.29, 1.82) is 0 Å². The minimum Gasteiger partial charge on any atom is -0.465 e. The highest BCUT2D eigenvalue weighted by atomic mass is 16.6. The molecule has 1 N–H and O–H groups in total. The number of nitrogens with zero attached hydrogens (tertiary/aromatic N) is 2. The van der Waals surface area contributed by atoms with Gasteiger partial charge in [0.25, 0.3) is 0 Å². The first-order valence-corrected chi connectivity index (χ1v) is 12.8. The Labute approximate surface area is 211 Å². The molecular weight excluding hydrogens is 460 g/mol. The molecule has 2 fully saturated rings. The van der Waals surface area contributed by atoms with E-state index in [1.807, 2.05) is 68.5 Å². The van der Waals surface area contributed by atoms with Crippen molar-refractivity contribution in [2.75, 3.05) is 19.8 Å². The quantitative estimate of drug-likeness (QED) is 0.496. The molecule has 5 rings (SSSR count). The molecule has 0 aliphatic carbocycles. The van der Waals surface area contributed by atoms with Crippen LogP contribution < -0.4 is 0 Å². The van der Waals surface area contributed by atoms with Crippen molar-refractivity contribution in [3.05, 3.63) is 60.2 Å². The van der Waals surface area contributed by atoms with E-state index in [9.17, 15) is 19.5 Å². The summed E-state index contributed by atoms with van der Waals surface area (Å²) in [6.45, 7) is 4.20. The van der Waals surface area contributed by atoms with E-state index < -0.39 is 41.6 Å². The third-order valence-corrected chi connectivity index (χ3v) is 7.86. The lowest BCUT2D eigenvalue weighted by atomic mass is 9.78. The van der Waals surface area contributed by atoms with Gasteiger partial charge in [0.05, 0.1) is 31.3 Å². The Morgan fingerprint density at radius 3 is 2.61 bits per heavy atom. The van der Waals surface area contributed by atoms with Gasteiger partial charge in [-0.25, -0.2) is 0 Å². The van der Waals surface area contributed by atoms with E-state index in [1.165, 1.54) is 4.90 Å². The summed E-state index contributed by atoms with van der Waals surface area (Å²) in [5.41, 5.74) is -0.379. The Morgan fingerprint density at radius 2 is 1.89 bits per heavy atom. The van der Waals surface area contributed by atoms with Crippen molar-refractivity contribution in [2.45, 2.75) is 62.9 Å². The van der Waals surface area contributed by atoms with E-state index in [4.69, 9.17) is 9.47 Å². The van der Waals surface area contributed by atoms with Gasteiger partial charge in [-0.15, -0.1) is 0 Å². The summed E-state index contributed by atoms with van der Waals surface area (Å²) in [4.78, 5) is 44.9. The number of ether oxygens (including phenoxy) is 2. The molecule has 2 amide bonds. The van der Waals surface area contributed by atoms with Crippen LogP contribution in [0.1, 0.15) is 32.3 Å². The number of likely N-dealkylation sites (tertiary alicyclic amines) is 1. The molecule has 0 bridgehead atoms. The monoisotopic (exact) mass is 494 g/mol. The molecule has 4 heterocycles. The fraction of sp³-hybridized carbons (Fsp3) is 0.536. The zero-order chi connectivity index (χ0) is 25.4. The number of allylic oxidation sites excluding steroid dienone is 1. The standard InChI is InChI=1S/C28H34N2O6/c1-18(2)29-14-9-13-28-23(22-21(36-28)12-7-4-8-15-35-27(22)34)25(32)30(24(28)26(29)33)20(17-31)16-19-10-5-3-6-11-19/h3,5-7,9-13,18,20-24,31H,4,8,14-17H2,1-2H3/b12-7-/t20-,21+,22-,23+,24?,28+/m1/s1. The largest absolute Gasteiger partial charge is 0.465 e. The van der Waals surface area contributed by atoms with Gasteiger partial charge in [0.1, 0.15) is 17.6 Å². The molecule has 1 aromatic carbocycles. The molecule has 1 unspecified atom stereocenters. The van der Waals surface area contributed by atoms with Crippen LogP contribution in [0.3, 0.4) is 0 Å². The van der Waals surface area contributed by atoms with Crippen molar-refractivity contribution in [2.24, 2.45) is 11.8 Å². The summed E-state index contributed by atoms with van der Waals surface area (Å²) in [5, 5.41) is 10.5. The number of aliphatic hydroxyl groups excluding tert-OH is 1. The van der Waals surface area contributed by atoms with Crippen LogP contribution in [0.4, 0.5) is 0 Å². The molecular formula is C28H34N2O6. The summed E-state index contributed by atoms with van der Waals surface area (Å²) in [6, 6.07) is 7.83. The van der Waals surface area contributed by atoms with Crippen LogP contribution in [0.25, 0.3) is 0 Å². The Morgan fingerprint density at radius 1 is 1.11 bits per heavy atom. The number of carbonyl (C=O) groups excluding carboxylic acids is 3. The van der Waals surface area contributed by atoms with Crippen molar-refractivity contribution in [3.63, 3.8) is 0 Å². The number of fused-ring (bicyclic) bond motifs is 2. The Hall–Kier alpha value is -2.97. The van der Waals surface area contributed by atoms with Crippen molar-refractivity contribution >= 4 is 17.8 Å². The molecule has 8 nitrogen and oxygen atoms in total. The number of hydrogen-bond donors (Lipinski definition) is 1. The van der Waals surface area contributed by atoms with Crippen molar-refractivity contribution < 1.29 is 29.0 Å². The van der Waals surface area contributed by atoms with Crippen molar-refractivity contribution in [1.82, 2.24) is 9.80 Å². The molecule has 0 aromatic heterocycles. The second-order valence-corrected chi connectivity index (χ2v) is 10.3. The molecule has 1 aromatic rings. The molecule has 4 aliphatic heterocycles. The Balaban J connectivity index is 1.62. The average Bonchev–Trinajstić information content (AvgIpc) is 3.28. The van der Waals surface area contributed by atoms with Crippen LogP contribution in [0.5, 0.6) is 0 Å². The first kappa shape index (κ1) is 24.7. The Kier molecular flexibility index (Phi) is 6.74. The van der Waals surface area contributed by atoms with Crippen LogP contribution in [0, 0.1) is 11.8 Å². The highest BCUT2D eigenvalue weighted by Crippen LogP contribution is 2.53. The lowest BCUT2D eigenvalue weighted by molar-refractivity contribution is -0.156. The van der Waals surface area contributed by atoms with Crippen LogP contribution in [0.2, 0.25) is 0 Å². The van der Waals surface area contributed by atoms with E-state index in [1.54, 1.807) is 4.90 Å². The number of benzene rings is 1. The van der Waals surface area contributed by atoms with Crippen LogP contribution in [-0.4, -0.2) is 82.3 Å². The van der Waals surface area contributed by atoms with Crippen LogP contribution >= 0.6 is 0 Å². The molecule has 4 aliphatic rings. The number of aliphatic hydroxyl groups is 1. The molecule has 192 valence electrons. The summed E-state index contributed by atoms with van der Waals surface area (Å²) in [6.07, 6.45) is 8.63. The molecule has 1 spiro atoms. The number of cyclic esters (lactones) is 1. The third-order valence-electron chi connectivity index (χ3n) is 7.86. The molecule has 36 heavy (non-hydrogen) atoms. The average molecular weight is 495 g/mol. The first-order chi connectivity index (χ1) is 17.4. The lowest BCUT2D eigenvalue weighted by Crippen LogP contribution is -2.59. The highest BCUT2D eigenvalue weighted by molar-refractivity contribution is 5.99. The summed E-state index contributed by atoms with van der Waals surface area (Å²) in [7, 11) is 0. The van der Waals surface area contributed by atoms with E-state index in [-0.39, 0.29) is 31.1 Å². The molecule has 0 saturated carbocycles. The summed E-state index contributed by atoms with van der Waals surface area (Å²) in [5.74, 6) is -2.84. The van der Waals surface area contributed by atoms with Crippen molar-refractivity contribution in [3.8, 4) is 0 Å². The fourth-order valence-corrected chi connectivity index (χ4v) is 6.21. The lowest BCUT2D eigenvalue weighted by Gasteiger charge is -2.39. The zero-order valence-corrected chi connectivity index (χ0v) is 20.8. The number of esters is 1. The van der Waals surface area contributed by atoms with Gasteiger partial charge in [0, 0.05) is 12.6 Å². The molecule has 0 radical (unpaired) electrons. The van der Waals surface area contributed by atoms with E-state index in [0.29, 0.717) is 19.4 Å². The normalized spacial score (nSPS) is 33.7. The maximum Gasteiger partial charge on any atom is 0.312 e. The fourth-order valence-electron chi connectivity index (χ4n) is 6.21. The minimum absolute atomic E-state index is 0.0987. The van der Waals surface area contributed by atoms with Gasteiger partial charge in [0.2, 0.25) is 11.8 Å². The minimum atomic E-state index is -1.32. The van der Waals surface area contributed by atoms with E-state index in [0.717, 1.165) is 12.0 Å². The van der Waals surface area contributed by atoms with Gasteiger partial charge >= 0.3 is 5.97 Å². The molecule has 2 saturated heterocycles. The highest BCUT2D eigenvalue weighted by Gasteiger charge is 2.72. The first-order valence-electron chi connectivity index (χ1n) is 12.8. The third kappa shape index (κ3) is 3.96. The number of amides is 2. The van der Waals surface area contributed by atoms with Gasteiger partial charge in [-0.1, -0.05) is 54.6 Å². The second kappa shape index (κ2) is 9.82. The zero-order valence-electron chi connectivity index (χ0n) is 20.8. The van der Waals surface area contributed by atoms with Gasteiger partial charge in [-0.05, 0) is 38.7 Å². The topological polar surface area (TPSA) is 96.4 Å². The predicted octanol–water partition coefficient (Wildman–Crippen LogP) is 1.87. The number of carbonyl (C=O) groups is 3. The Bertz CT molecular complexity index is 1070. The SMILES string of the molecule is CC(C)N1CC=C[C@]23O[C@H]4/C=C\CCCOC(=O)[C@H]4[C@H]2C(=O)N([C@@H](CO)Cc2ccccc2)C3C1=O. The van der Waals surface area contributed by atoms with E-state index >= 15 is 0 Å². The van der Waals surface area contributed by atoms with Gasteiger partial charge in [0.15, 0.2) is 0 Å². The van der Waals surface area contributed by atoms with Crippen LogP contribution in [0.15, 0.2) is 54.6 Å². The van der Waals surface area contributed by atoms with Crippen LogP contribution in [-0.2, 0) is 30.3 Å². The number of hydrogen-bond acceptors (Lipinski definition) is 6. The van der Waals surface area contributed by atoms with Gasteiger partial charge < -0.3 is 24.4 Å². The summed E-state index contributed by atoms with van der Waals surface area (Å²) >= 11 is 0. The molecule has 8 heteroatoms. The second-order valence-electron chi connectivity index (χ2n) is 10.3.